The predicted molar refractivity (Wildman–Crippen MR) is 76.3 cm³/mol. The van der Waals surface area contributed by atoms with Crippen LogP contribution in [0, 0.1) is 0 Å². The van der Waals surface area contributed by atoms with Crippen molar-refractivity contribution in [1.29, 1.82) is 0 Å². The molecule has 2 fully saturated rings. The van der Waals surface area contributed by atoms with Crippen LogP contribution in [0.15, 0.2) is 0 Å². The molecule has 0 saturated carbocycles. The molecule has 2 aliphatic heterocycles. The minimum Gasteiger partial charge on any atom is -0.374 e. The maximum absolute atomic E-state index is 5.92. The number of hydrogen-bond acceptors (Lipinski definition) is 5. The van der Waals surface area contributed by atoms with E-state index >= 15 is 0 Å². The highest BCUT2D eigenvalue weighted by Gasteiger charge is 2.30. The molecule has 3 atom stereocenters. The maximum Gasteiger partial charge on any atom is 0.0829 e. The van der Waals surface area contributed by atoms with Crippen molar-refractivity contribution in [3.63, 3.8) is 0 Å². The molecule has 112 valence electrons. The Morgan fingerprint density at radius 3 is 2.68 bits per heavy atom. The fourth-order valence-corrected chi connectivity index (χ4v) is 2.86. The molecule has 0 amide bonds. The van der Waals surface area contributed by atoms with Crippen LogP contribution in [0.4, 0.5) is 0 Å². The van der Waals surface area contributed by atoms with E-state index in [0.29, 0.717) is 24.7 Å². The molecule has 2 saturated heterocycles. The number of hydrogen-bond donors (Lipinski definition) is 1. The van der Waals surface area contributed by atoms with Gasteiger partial charge in [0.1, 0.15) is 0 Å². The molecule has 2 aliphatic rings. The molecule has 2 rings (SSSR count). The Kier molecular flexibility index (Phi) is 5.59. The second-order valence-electron chi connectivity index (χ2n) is 6.08. The number of nitrogens with zero attached hydrogens (tertiary/aromatic N) is 2. The molecule has 2 N–H and O–H groups in total. The summed E-state index contributed by atoms with van der Waals surface area (Å²) in [6, 6.07) is 1.06. The number of morpholine rings is 2. The van der Waals surface area contributed by atoms with Crippen LogP contribution in [0.25, 0.3) is 0 Å². The van der Waals surface area contributed by atoms with E-state index in [2.05, 4.69) is 30.6 Å². The fraction of sp³-hybridized carbons (Fsp3) is 1.00. The van der Waals surface area contributed by atoms with Crippen molar-refractivity contribution in [2.24, 2.45) is 5.73 Å². The lowest BCUT2D eigenvalue weighted by Gasteiger charge is -2.42. The molecule has 0 bridgehead atoms. The van der Waals surface area contributed by atoms with Crippen molar-refractivity contribution in [2.75, 3.05) is 45.9 Å². The van der Waals surface area contributed by atoms with Crippen molar-refractivity contribution in [2.45, 2.75) is 45.1 Å². The normalized spacial score (nSPS) is 34.9. The quantitative estimate of drug-likeness (QED) is 0.788. The lowest BCUT2D eigenvalue weighted by Crippen LogP contribution is -2.56. The van der Waals surface area contributed by atoms with Crippen LogP contribution in [0.2, 0.25) is 0 Å². The SMILES string of the molecule is CC(C)N1CCOC(CN2CC(CN)OCC2C)C1. The average molecular weight is 271 g/mol. The molecule has 0 spiro atoms. The van der Waals surface area contributed by atoms with Crippen molar-refractivity contribution >= 4 is 0 Å². The molecule has 2 heterocycles. The number of ether oxygens (including phenoxy) is 2. The van der Waals surface area contributed by atoms with E-state index in [1.807, 2.05) is 0 Å². The first-order chi connectivity index (χ1) is 9.10. The lowest BCUT2D eigenvalue weighted by molar-refractivity contribution is -0.0940. The maximum atomic E-state index is 5.92. The Labute approximate surface area is 117 Å². The van der Waals surface area contributed by atoms with Gasteiger partial charge in [0, 0.05) is 44.8 Å². The molecule has 19 heavy (non-hydrogen) atoms. The Bertz CT molecular complexity index is 275. The molecule has 0 aromatic carbocycles. The van der Waals surface area contributed by atoms with E-state index in [1.165, 1.54) is 0 Å². The van der Waals surface area contributed by atoms with Crippen LogP contribution in [-0.2, 0) is 9.47 Å². The first kappa shape index (κ1) is 15.2. The molecule has 3 unspecified atom stereocenters. The van der Waals surface area contributed by atoms with Gasteiger partial charge in [-0.1, -0.05) is 0 Å². The Morgan fingerprint density at radius 1 is 1.21 bits per heavy atom. The van der Waals surface area contributed by atoms with Crippen LogP contribution in [0.1, 0.15) is 20.8 Å². The third-order valence-corrected chi connectivity index (χ3v) is 4.24. The summed E-state index contributed by atoms with van der Waals surface area (Å²) in [6.07, 6.45) is 0.496. The highest BCUT2D eigenvalue weighted by Crippen LogP contribution is 2.15. The van der Waals surface area contributed by atoms with E-state index in [9.17, 15) is 0 Å². The zero-order valence-electron chi connectivity index (χ0n) is 12.5. The van der Waals surface area contributed by atoms with E-state index in [0.717, 1.165) is 39.4 Å². The standard InChI is InChI=1S/C14H29N3O2/c1-11(2)16-4-5-18-14(8-16)9-17-7-13(6-15)19-10-12(17)3/h11-14H,4-10,15H2,1-3H3. The molecule has 0 radical (unpaired) electrons. The number of rotatable bonds is 4. The van der Waals surface area contributed by atoms with E-state index in [1.54, 1.807) is 0 Å². The summed E-state index contributed by atoms with van der Waals surface area (Å²) >= 11 is 0. The van der Waals surface area contributed by atoms with Crippen LogP contribution in [-0.4, -0.2) is 80.0 Å². The average Bonchev–Trinajstić information content (AvgIpc) is 2.41. The fourth-order valence-electron chi connectivity index (χ4n) is 2.86. The van der Waals surface area contributed by atoms with Gasteiger partial charge in [0.05, 0.1) is 25.4 Å². The Morgan fingerprint density at radius 2 is 2.00 bits per heavy atom. The number of nitrogens with two attached hydrogens (primary N) is 1. The smallest absolute Gasteiger partial charge is 0.0829 e. The van der Waals surface area contributed by atoms with Crippen LogP contribution >= 0.6 is 0 Å². The molecule has 0 aromatic rings. The first-order valence-corrected chi connectivity index (χ1v) is 7.51. The van der Waals surface area contributed by atoms with Gasteiger partial charge in [-0.15, -0.1) is 0 Å². The van der Waals surface area contributed by atoms with E-state index in [-0.39, 0.29) is 6.10 Å². The molecular formula is C14H29N3O2. The highest BCUT2D eigenvalue weighted by molar-refractivity contribution is 4.83. The summed E-state index contributed by atoms with van der Waals surface area (Å²) in [5.74, 6) is 0. The van der Waals surface area contributed by atoms with Gasteiger partial charge < -0.3 is 15.2 Å². The van der Waals surface area contributed by atoms with Gasteiger partial charge in [-0.2, -0.15) is 0 Å². The summed E-state index contributed by atoms with van der Waals surface area (Å²) in [5.41, 5.74) is 5.71. The highest BCUT2D eigenvalue weighted by atomic mass is 16.5. The summed E-state index contributed by atoms with van der Waals surface area (Å²) in [5, 5.41) is 0. The minimum absolute atomic E-state index is 0.181. The van der Waals surface area contributed by atoms with Gasteiger partial charge >= 0.3 is 0 Å². The van der Waals surface area contributed by atoms with Crippen molar-refractivity contribution in [1.82, 2.24) is 9.80 Å². The first-order valence-electron chi connectivity index (χ1n) is 7.51. The zero-order chi connectivity index (χ0) is 13.8. The van der Waals surface area contributed by atoms with Gasteiger partial charge in [0.2, 0.25) is 0 Å². The summed E-state index contributed by atoms with van der Waals surface area (Å²) in [6.45, 7) is 13.0. The molecule has 5 heteroatoms. The van der Waals surface area contributed by atoms with E-state index in [4.69, 9.17) is 15.2 Å². The molecule has 0 aromatic heterocycles. The summed E-state index contributed by atoms with van der Waals surface area (Å²) < 4.78 is 11.6. The molecule has 5 nitrogen and oxygen atoms in total. The summed E-state index contributed by atoms with van der Waals surface area (Å²) in [7, 11) is 0. The zero-order valence-corrected chi connectivity index (χ0v) is 12.5. The van der Waals surface area contributed by atoms with Crippen LogP contribution in [0.3, 0.4) is 0 Å². The third-order valence-electron chi connectivity index (χ3n) is 4.24. The monoisotopic (exact) mass is 271 g/mol. The third kappa shape index (κ3) is 4.13. The summed E-state index contributed by atoms with van der Waals surface area (Å²) in [4.78, 5) is 4.97. The second-order valence-corrected chi connectivity index (χ2v) is 6.08. The van der Waals surface area contributed by atoms with Crippen molar-refractivity contribution in [3.05, 3.63) is 0 Å². The predicted octanol–water partition coefficient (Wildman–Crippen LogP) is 0.144. The second kappa shape index (κ2) is 6.99. The van der Waals surface area contributed by atoms with Gasteiger partial charge in [-0.25, -0.2) is 0 Å². The van der Waals surface area contributed by atoms with Gasteiger partial charge in [0.15, 0.2) is 0 Å². The topological polar surface area (TPSA) is 51.0 Å². The van der Waals surface area contributed by atoms with Gasteiger partial charge in [-0.05, 0) is 20.8 Å². The minimum atomic E-state index is 0.181. The lowest BCUT2D eigenvalue weighted by atomic mass is 10.1. The van der Waals surface area contributed by atoms with Crippen LogP contribution in [0.5, 0.6) is 0 Å². The van der Waals surface area contributed by atoms with Crippen LogP contribution < -0.4 is 5.73 Å². The van der Waals surface area contributed by atoms with Crippen molar-refractivity contribution in [3.8, 4) is 0 Å². The molecular weight excluding hydrogens is 242 g/mol. The molecule has 0 aliphatic carbocycles. The Balaban J connectivity index is 1.85. The largest absolute Gasteiger partial charge is 0.374 e. The van der Waals surface area contributed by atoms with Gasteiger partial charge in [0.25, 0.3) is 0 Å². The van der Waals surface area contributed by atoms with E-state index < -0.39 is 0 Å². The van der Waals surface area contributed by atoms with Gasteiger partial charge in [-0.3, -0.25) is 9.80 Å². The Hall–Kier alpha value is -0.200. The van der Waals surface area contributed by atoms with Crippen molar-refractivity contribution < 1.29 is 9.47 Å².